The van der Waals surface area contributed by atoms with Gasteiger partial charge >= 0.3 is 0 Å². The lowest BCUT2D eigenvalue weighted by Gasteiger charge is -1.95. The summed E-state index contributed by atoms with van der Waals surface area (Å²) in [6, 6.07) is 11.4. The molecular weight excluding hydrogens is 260 g/mol. The Morgan fingerprint density at radius 3 is 2.60 bits per heavy atom. The highest BCUT2D eigenvalue weighted by atomic mass is 16.6. The summed E-state index contributed by atoms with van der Waals surface area (Å²) in [5.41, 5.74) is 2.04. The number of methoxy groups -OCH3 is 1. The van der Waals surface area contributed by atoms with Gasteiger partial charge in [0, 0.05) is 23.8 Å². The van der Waals surface area contributed by atoms with Gasteiger partial charge in [-0.25, -0.2) is 4.98 Å². The van der Waals surface area contributed by atoms with Crippen molar-refractivity contribution in [3.05, 3.63) is 52.6 Å². The van der Waals surface area contributed by atoms with Crippen LogP contribution in [0.2, 0.25) is 0 Å². The molecule has 3 rings (SSSR count). The van der Waals surface area contributed by atoms with Crippen LogP contribution in [0, 0.1) is 10.1 Å². The van der Waals surface area contributed by atoms with Crippen LogP contribution in [-0.2, 0) is 0 Å². The molecule has 0 radical (unpaired) electrons. The lowest BCUT2D eigenvalue weighted by atomic mass is 10.2. The Morgan fingerprint density at radius 1 is 1.20 bits per heavy atom. The molecule has 6 heteroatoms. The van der Waals surface area contributed by atoms with E-state index in [1.807, 2.05) is 0 Å². The molecule has 1 aromatic heterocycles. The van der Waals surface area contributed by atoms with Crippen molar-refractivity contribution in [1.82, 2.24) is 4.98 Å². The molecule has 2 aromatic carbocycles. The highest BCUT2D eigenvalue weighted by Crippen LogP contribution is 2.27. The molecule has 0 aliphatic heterocycles. The van der Waals surface area contributed by atoms with Gasteiger partial charge in [-0.05, 0) is 24.3 Å². The predicted molar refractivity (Wildman–Crippen MR) is 72.7 cm³/mol. The first-order valence-electron chi connectivity index (χ1n) is 5.87. The van der Waals surface area contributed by atoms with Gasteiger partial charge in [0.25, 0.3) is 5.69 Å². The number of hydrogen-bond donors (Lipinski definition) is 0. The molecule has 100 valence electrons. The van der Waals surface area contributed by atoms with E-state index in [1.54, 1.807) is 37.4 Å². The molecule has 3 aromatic rings. The minimum absolute atomic E-state index is 0.0338. The summed E-state index contributed by atoms with van der Waals surface area (Å²) in [4.78, 5) is 14.5. The summed E-state index contributed by atoms with van der Waals surface area (Å²) >= 11 is 0. The van der Waals surface area contributed by atoms with E-state index < -0.39 is 4.92 Å². The Morgan fingerprint density at radius 2 is 1.95 bits per heavy atom. The third-order valence-electron chi connectivity index (χ3n) is 2.92. The number of aromatic nitrogens is 1. The molecule has 0 N–H and O–H groups in total. The molecule has 0 unspecified atom stereocenters. The van der Waals surface area contributed by atoms with Gasteiger partial charge in [-0.2, -0.15) is 0 Å². The largest absolute Gasteiger partial charge is 0.497 e. The summed E-state index contributed by atoms with van der Waals surface area (Å²) in [5, 5.41) is 10.6. The van der Waals surface area contributed by atoms with E-state index in [9.17, 15) is 10.1 Å². The topological polar surface area (TPSA) is 78.4 Å². The number of nitro benzene ring substituents is 1. The molecule has 0 atom stereocenters. The zero-order valence-electron chi connectivity index (χ0n) is 10.6. The zero-order chi connectivity index (χ0) is 14.1. The molecule has 1 heterocycles. The lowest BCUT2D eigenvalue weighted by molar-refractivity contribution is -0.384. The average Bonchev–Trinajstić information content (AvgIpc) is 2.90. The summed E-state index contributed by atoms with van der Waals surface area (Å²) in [6.07, 6.45) is 0. The number of oxazole rings is 1. The van der Waals surface area contributed by atoms with Gasteiger partial charge in [0.15, 0.2) is 5.58 Å². The molecule has 0 aliphatic rings. The van der Waals surface area contributed by atoms with Gasteiger partial charge in [0.2, 0.25) is 5.89 Å². The van der Waals surface area contributed by atoms with Gasteiger partial charge in [-0.15, -0.1) is 0 Å². The number of nitrogens with zero attached hydrogens (tertiary/aromatic N) is 2. The standard InChI is InChI=1S/C14H10N2O4/c1-19-11-6-7-13-12(8-11)15-14(20-13)9-2-4-10(5-3-9)16(17)18/h2-8H,1H3. The van der Waals surface area contributed by atoms with Crippen LogP contribution < -0.4 is 4.74 Å². The number of ether oxygens (including phenoxy) is 1. The van der Waals surface area contributed by atoms with Crippen molar-refractivity contribution in [3.63, 3.8) is 0 Å². The quantitative estimate of drug-likeness (QED) is 0.538. The normalized spacial score (nSPS) is 10.7. The Bertz CT molecular complexity index is 777. The molecule has 6 nitrogen and oxygen atoms in total. The highest BCUT2D eigenvalue weighted by molar-refractivity contribution is 5.77. The van der Waals surface area contributed by atoms with Crippen molar-refractivity contribution >= 4 is 16.8 Å². The fraction of sp³-hybridized carbons (Fsp3) is 0.0714. The number of benzene rings is 2. The summed E-state index contributed by atoms with van der Waals surface area (Å²) in [7, 11) is 1.58. The van der Waals surface area contributed by atoms with E-state index >= 15 is 0 Å². The number of non-ortho nitro benzene ring substituents is 1. The van der Waals surface area contributed by atoms with E-state index in [2.05, 4.69) is 4.98 Å². The monoisotopic (exact) mass is 270 g/mol. The molecule has 0 saturated heterocycles. The molecule has 0 spiro atoms. The maximum Gasteiger partial charge on any atom is 0.269 e. The van der Waals surface area contributed by atoms with E-state index in [4.69, 9.17) is 9.15 Å². The average molecular weight is 270 g/mol. The van der Waals surface area contributed by atoms with Crippen molar-refractivity contribution in [2.45, 2.75) is 0 Å². The molecule has 0 aliphatic carbocycles. The Labute approximate surface area is 113 Å². The third kappa shape index (κ3) is 2.07. The highest BCUT2D eigenvalue weighted by Gasteiger charge is 2.11. The summed E-state index contributed by atoms with van der Waals surface area (Å²) in [5.74, 6) is 1.12. The minimum atomic E-state index is -0.444. The first-order chi connectivity index (χ1) is 9.67. The third-order valence-corrected chi connectivity index (χ3v) is 2.92. The van der Waals surface area contributed by atoms with Gasteiger partial charge in [0.05, 0.1) is 12.0 Å². The van der Waals surface area contributed by atoms with Crippen LogP contribution in [0.5, 0.6) is 5.75 Å². The fourth-order valence-corrected chi connectivity index (χ4v) is 1.88. The Balaban J connectivity index is 2.03. The second-order valence-corrected chi connectivity index (χ2v) is 4.16. The van der Waals surface area contributed by atoms with Crippen molar-refractivity contribution < 1.29 is 14.1 Å². The summed E-state index contributed by atoms with van der Waals surface area (Å²) in [6.45, 7) is 0. The summed E-state index contributed by atoms with van der Waals surface area (Å²) < 4.78 is 10.7. The smallest absolute Gasteiger partial charge is 0.269 e. The second-order valence-electron chi connectivity index (χ2n) is 4.16. The molecule has 0 saturated carbocycles. The van der Waals surface area contributed by atoms with Gasteiger partial charge in [-0.3, -0.25) is 10.1 Å². The first kappa shape index (κ1) is 12.2. The van der Waals surface area contributed by atoms with Gasteiger partial charge in [-0.1, -0.05) is 0 Å². The van der Waals surface area contributed by atoms with Gasteiger partial charge in [0.1, 0.15) is 11.3 Å². The van der Waals surface area contributed by atoms with Crippen LogP contribution in [0.25, 0.3) is 22.6 Å². The first-order valence-corrected chi connectivity index (χ1v) is 5.87. The van der Waals surface area contributed by atoms with Crippen molar-refractivity contribution in [2.75, 3.05) is 7.11 Å². The molecule has 0 fully saturated rings. The minimum Gasteiger partial charge on any atom is -0.497 e. The molecular formula is C14H10N2O4. The van der Waals surface area contributed by atoms with Crippen LogP contribution in [0.4, 0.5) is 5.69 Å². The van der Waals surface area contributed by atoms with E-state index in [-0.39, 0.29) is 5.69 Å². The van der Waals surface area contributed by atoms with E-state index in [1.165, 1.54) is 12.1 Å². The van der Waals surface area contributed by atoms with Crippen molar-refractivity contribution in [2.24, 2.45) is 0 Å². The Kier molecular flexibility index (Phi) is 2.83. The number of hydrogen-bond acceptors (Lipinski definition) is 5. The maximum atomic E-state index is 10.6. The number of fused-ring (bicyclic) bond motifs is 1. The van der Waals surface area contributed by atoms with Crippen molar-refractivity contribution in [1.29, 1.82) is 0 Å². The lowest BCUT2D eigenvalue weighted by Crippen LogP contribution is -1.87. The van der Waals surface area contributed by atoms with E-state index in [0.29, 0.717) is 28.3 Å². The van der Waals surface area contributed by atoms with Crippen LogP contribution in [-0.4, -0.2) is 17.0 Å². The molecule has 20 heavy (non-hydrogen) atoms. The SMILES string of the molecule is COc1ccc2oc(-c3ccc([N+](=O)[O-])cc3)nc2c1. The van der Waals surface area contributed by atoms with Crippen LogP contribution in [0.3, 0.4) is 0 Å². The van der Waals surface area contributed by atoms with Gasteiger partial charge < -0.3 is 9.15 Å². The van der Waals surface area contributed by atoms with Crippen LogP contribution >= 0.6 is 0 Å². The Hall–Kier alpha value is -2.89. The number of rotatable bonds is 3. The second kappa shape index (κ2) is 4.65. The van der Waals surface area contributed by atoms with Crippen LogP contribution in [0.1, 0.15) is 0 Å². The predicted octanol–water partition coefficient (Wildman–Crippen LogP) is 3.41. The van der Waals surface area contributed by atoms with E-state index in [0.717, 1.165) is 0 Å². The maximum absolute atomic E-state index is 10.6. The van der Waals surface area contributed by atoms with Crippen molar-refractivity contribution in [3.8, 4) is 17.2 Å². The van der Waals surface area contributed by atoms with Crippen LogP contribution in [0.15, 0.2) is 46.9 Å². The molecule has 0 bridgehead atoms. The fourth-order valence-electron chi connectivity index (χ4n) is 1.88. The zero-order valence-corrected chi connectivity index (χ0v) is 10.6. The molecule has 0 amide bonds. The number of nitro groups is 1.